The lowest BCUT2D eigenvalue weighted by Gasteiger charge is -2.25. The fourth-order valence-electron chi connectivity index (χ4n) is 1.38. The molecule has 1 saturated heterocycles. The van der Waals surface area contributed by atoms with Crippen molar-refractivity contribution in [2.45, 2.75) is 18.9 Å². The number of halogens is 1. The Labute approximate surface area is 73.2 Å². The number of aliphatic hydroxyl groups is 2. The first-order valence-electron chi connectivity index (χ1n) is 3.84. The Kier molecular flexibility index (Phi) is 5.86. The topological polar surface area (TPSA) is 52.5 Å². The molecular formula is C7H16ClNO2. The summed E-state index contributed by atoms with van der Waals surface area (Å²) in [5.41, 5.74) is 0. The van der Waals surface area contributed by atoms with E-state index in [9.17, 15) is 5.11 Å². The second-order valence-corrected chi connectivity index (χ2v) is 2.84. The number of aliphatic hydroxyl groups excluding tert-OH is 2. The van der Waals surface area contributed by atoms with Crippen LogP contribution >= 0.6 is 12.4 Å². The molecule has 0 spiro atoms. The minimum absolute atomic E-state index is 0. The van der Waals surface area contributed by atoms with E-state index in [1.165, 1.54) is 0 Å². The molecule has 68 valence electrons. The van der Waals surface area contributed by atoms with E-state index in [-0.39, 0.29) is 19.0 Å². The molecular weight excluding hydrogens is 166 g/mol. The van der Waals surface area contributed by atoms with Crippen molar-refractivity contribution < 1.29 is 10.2 Å². The molecule has 0 aromatic rings. The summed E-state index contributed by atoms with van der Waals surface area (Å²) in [5.74, 6) is 0.311. The molecule has 0 bridgehead atoms. The third kappa shape index (κ3) is 3.38. The van der Waals surface area contributed by atoms with Gasteiger partial charge < -0.3 is 15.5 Å². The maximum absolute atomic E-state index is 9.20. The lowest BCUT2D eigenvalue weighted by atomic mass is 9.93. The van der Waals surface area contributed by atoms with Crippen LogP contribution in [0.4, 0.5) is 0 Å². The van der Waals surface area contributed by atoms with Gasteiger partial charge in [0.15, 0.2) is 0 Å². The highest BCUT2D eigenvalue weighted by molar-refractivity contribution is 5.85. The summed E-state index contributed by atoms with van der Waals surface area (Å²) in [6, 6.07) is 0. The van der Waals surface area contributed by atoms with Crippen molar-refractivity contribution in [1.29, 1.82) is 0 Å². The van der Waals surface area contributed by atoms with Gasteiger partial charge in [0.1, 0.15) is 0 Å². The summed E-state index contributed by atoms with van der Waals surface area (Å²) >= 11 is 0. The highest BCUT2D eigenvalue weighted by Crippen LogP contribution is 2.15. The van der Waals surface area contributed by atoms with Crippen LogP contribution in [0.3, 0.4) is 0 Å². The van der Waals surface area contributed by atoms with Crippen molar-refractivity contribution in [3.05, 3.63) is 0 Å². The Balaban J connectivity index is 0.000001000. The normalized spacial score (nSPS) is 22.4. The largest absolute Gasteiger partial charge is 0.394 e. The fraction of sp³-hybridized carbons (Fsp3) is 1.00. The van der Waals surface area contributed by atoms with E-state index in [0.717, 1.165) is 25.9 Å². The van der Waals surface area contributed by atoms with Gasteiger partial charge >= 0.3 is 0 Å². The van der Waals surface area contributed by atoms with Crippen molar-refractivity contribution in [2.75, 3.05) is 19.7 Å². The van der Waals surface area contributed by atoms with Gasteiger partial charge in [-0.1, -0.05) is 0 Å². The zero-order valence-corrected chi connectivity index (χ0v) is 7.31. The molecule has 0 radical (unpaired) electrons. The van der Waals surface area contributed by atoms with E-state index in [4.69, 9.17) is 5.11 Å². The average molecular weight is 182 g/mol. The molecule has 0 aromatic heterocycles. The van der Waals surface area contributed by atoms with Gasteiger partial charge in [0, 0.05) is 0 Å². The van der Waals surface area contributed by atoms with Gasteiger partial charge in [0.05, 0.1) is 12.7 Å². The number of hydrogen-bond acceptors (Lipinski definition) is 3. The van der Waals surface area contributed by atoms with Crippen molar-refractivity contribution in [2.24, 2.45) is 5.92 Å². The fourth-order valence-corrected chi connectivity index (χ4v) is 1.38. The third-order valence-electron chi connectivity index (χ3n) is 2.12. The van der Waals surface area contributed by atoms with Crippen LogP contribution < -0.4 is 5.32 Å². The summed E-state index contributed by atoms with van der Waals surface area (Å²) in [5, 5.41) is 21.0. The van der Waals surface area contributed by atoms with Crippen LogP contribution in [-0.4, -0.2) is 36.0 Å². The molecule has 1 heterocycles. The summed E-state index contributed by atoms with van der Waals surface area (Å²) in [7, 11) is 0. The molecule has 1 rings (SSSR count). The molecule has 1 aliphatic rings. The maximum atomic E-state index is 9.20. The van der Waals surface area contributed by atoms with E-state index in [1.807, 2.05) is 0 Å². The molecule has 0 aliphatic carbocycles. The highest BCUT2D eigenvalue weighted by atomic mass is 35.5. The number of rotatable bonds is 2. The second kappa shape index (κ2) is 5.77. The molecule has 1 atom stereocenters. The van der Waals surface area contributed by atoms with Crippen LogP contribution in [-0.2, 0) is 0 Å². The van der Waals surface area contributed by atoms with E-state index in [2.05, 4.69) is 5.32 Å². The van der Waals surface area contributed by atoms with Gasteiger partial charge in [-0.25, -0.2) is 0 Å². The zero-order chi connectivity index (χ0) is 7.40. The van der Waals surface area contributed by atoms with E-state index < -0.39 is 6.10 Å². The lowest BCUT2D eigenvalue weighted by molar-refractivity contribution is 0.0352. The van der Waals surface area contributed by atoms with Crippen LogP contribution in [0.2, 0.25) is 0 Å². The molecule has 0 aromatic carbocycles. The van der Waals surface area contributed by atoms with Gasteiger partial charge in [-0.3, -0.25) is 0 Å². The Hall–Kier alpha value is 0.170. The monoisotopic (exact) mass is 181 g/mol. The minimum atomic E-state index is -0.498. The molecule has 1 aliphatic heterocycles. The number of nitrogens with one attached hydrogen (secondary N) is 1. The van der Waals surface area contributed by atoms with Crippen molar-refractivity contribution in [3.8, 4) is 0 Å². The molecule has 0 amide bonds. The molecule has 4 heteroatoms. The number of hydrogen-bond donors (Lipinski definition) is 3. The summed E-state index contributed by atoms with van der Waals surface area (Å²) in [6.07, 6.45) is 1.48. The van der Waals surface area contributed by atoms with Gasteiger partial charge in [-0.2, -0.15) is 0 Å². The average Bonchev–Trinajstić information content (AvgIpc) is 2.05. The molecule has 0 unspecified atom stereocenters. The zero-order valence-electron chi connectivity index (χ0n) is 6.49. The van der Waals surface area contributed by atoms with E-state index >= 15 is 0 Å². The molecule has 0 saturated carbocycles. The molecule has 3 nitrogen and oxygen atoms in total. The number of piperidine rings is 1. The molecule has 3 N–H and O–H groups in total. The van der Waals surface area contributed by atoms with Crippen LogP contribution in [0.1, 0.15) is 12.8 Å². The quantitative estimate of drug-likeness (QED) is 0.551. The second-order valence-electron chi connectivity index (χ2n) is 2.84. The Morgan fingerprint density at radius 1 is 1.36 bits per heavy atom. The van der Waals surface area contributed by atoms with Crippen molar-refractivity contribution >= 4 is 12.4 Å². The third-order valence-corrected chi connectivity index (χ3v) is 2.12. The summed E-state index contributed by atoms with van der Waals surface area (Å²) in [4.78, 5) is 0. The van der Waals surface area contributed by atoms with E-state index in [0.29, 0.717) is 5.92 Å². The van der Waals surface area contributed by atoms with Gasteiger partial charge in [-0.05, 0) is 31.8 Å². The summed E-state index contributed by atoms with van der Waals surface area (Å²) < 4.78 is 0. The molecule has 11 heavy (non-hydrogen) atoms. The van der Waals surface area contributed by atoms with Crippen molar-refractivity contribution in [3.63, 3.8) is 0 Å². The molecule has 1 fully saturated rings. The lowest BCUT2D eigenvalue weighted by Crippen LogP contribution is -2.35. The first-order valence-corrected chi connectivity index (χ1v) is 3.84. The van der Waals surface area contributed by atoms with Crippen molar-refractivity contribution in [1.82, 2.24) is 5.32 Å². The van der Waals surface area contributed by atoms with Gasteiger partial charge in [-0.15, -0.1) is 12.4 Å². The first kappa shape index (κ1) is 11.2. The van der Waals surface area contributed by atoms with Crippen LogP contribution in [0.15, 0.2) is 0 Å². The van der Waals surface area contributed by atoms with Crippen LogP contribution in [0.25, 0.3) is 0 Å². The standard InChI is InChI=1S/C7H15NO2.ClH/c9-5-7(10)6-1-3-8-4-2-6;/h6-10H,1-5H2;1H/t7-;/m0./s1. The Morgan fingerprint density at radius 3 is 2.36 bits per heavy atom. The van der Waals surface area contributed by atoms with Crippen LogP contribution in [0, 0.1) is 5.92 Å². The Morgan fingerprint density at radius 2 is 1.91 bits per heavy atom. The highest BCUT2D eigenvalue weighted by Gasteiger charge is 2.19. The first-order chi connectivity index (χ1) is 4.84. The predicted octanol–water partition coefficient (Wildman–Crippen LogP) is -0.239. The Bertz CT molecular complexity index is 96.4. The smallest absolute Gasteiger partial charge is 0.0799 e. The van der Waals surface area contributed by atoms with Gasteiger partial charge in [0.2, 0.25) is 0 Å². The SMILES string of the molecule is Cl.OC[C@H](O)C1CCNCC1. The summed E-state index contributed by atoms with van der Waals surface area (Å²) in [6.45, 7) is 1.86. The minimum Gasteiger partial charge on any atom is -0.394 e. The van der Waals surface area contributed by atoms with E-state index in [1.54, 1.807) is 0 Å². The van der Waals surface area contributed by atoms with Crippen LogP contribution in [0.5, 0.6) is 0 Å². The maximum Gasteiger partial charge on any atom is 0.0799 e. The van der Waals surface area contributed by atoms with Gasteiger partial charge in [0.25, 0.3) is 0 Å². The predicted molar refractivity (Wildman–Crippen MR) is 45.9 cm³/mol.